The molecule has 6 nitrogen and oxygen atoms in total. The van der Waals surface area contributed by atoms with Gasteiger partial charge < -0.3 is 19.3 Å². The van der Waals surface area contributed by atoms with Crippen molar-refractivity contribution < 1.29 is 28.9 Å². The lowest BCUT2D eigenvalue weighted by molar-refractivity contribution is -0.192. The van der Waals surface area contributed by atoms with Crippen LogP contribution in [0.3, 0.4) is 0 Å². The highest BCUT2D eigenvalue weighted by atomic mass is 16.6. The number of aliphatic hydroxyl groups excluding tert-OH is 1. The van der Waals surface area contributed by atoms with Crippen molar-refractivity contribution in [3.05, 3.63) is 11.8 Å². The van der Waals surface area contributed by atoms with Crippen LogP contribution in [0.2, 0.25) is 0 Å². The summed E-state index contributed by atoms with van der Waals surface area (Å²) >= 11 is 0. The quantitative estimate of drug-likeness (QED) is 0.650. The Morgan fingerprint density at radius 3 is 2.94 bits per heavy atom. The highest BCUT2D eigenvalue weighted by Crippen LogP contribution is 2.39. The molecule has 0 amide bonds. The molecule has 1 unspecified atom stereocenters. The fraction of sp³-hybridized carbons (Fsp3) is 0.636. The third kappa shape index (κ3) is 2.00. The van der Waals surface area contributed by atoms with Crippen LogP contribution in [-0.2, 0) is 23.8 Å². The van der Waals surface area contributed by atoms with E-state index in [4.69, 9.17) is 9.47 Å². The van der Waals surface area contributed by atoms with E-state index < -0.39 is 30.2 Å². The summed E-state index contributed by atoms with van der Waals surface area (Å²) in [5.41, 5.74) is 0.270. The largest absolute Gasteiger partial charge is 0.472 e. The minimum absolute atomic E-state index is 0.0519. The predicted octanol–water partition coefficient (Wildman–Crippen LogP) is -0.0403. The molecule has 4 atom stereocenters. The van der Waals surface area contributed by atoms with Gasteiger partial charge in [0.05, 0.1) is 31.3 Å². The number of aliphatic hydroxyl groups is 1. The Labute approximate surface area is 98.1 Å². The van der Waals surface area contributed by atoms with Crippen molar-refractivity contribution in [3.8, 4) is 0 Å². The standard InChI is InChI=1S/C11H14O6/c1-5-9-6(3-8(12)17-5)7(10(13)15-2)4-16-11(9)14/h4-6,9,11,14H,3H2,1-2H3/t5-,6+,9+,11?/m0/s1. The summed E-state index contributed by atoms with van der Waals surface area (Å²) in [6.45, 7) is 1.67. The minimum Gasteiger partial charge on any atom is -0.472 e. The monoisotopic (exact) mass is 242 g/mol. The lowest BCUT2D eigenvalue weighted by atomic mass is 9.77. The number of rotatable bonds is 1. The third-order valence-corrected chi connectivity index (χ3v) is 3.19. The molecule has 1 fully saturated rings. The Balaban J connectivity index is 2.31. The van der Waals surface area contributed by atoms with E-state index in [1.807, 2.05) is 0 Å². The molecule has 17 heavy (non-hydrogen) atoms. The molecule has 0 saturated carbocycles. The van der Waals surface area contributed by atoms with Crippen LogP contribution in [0.15, 0.2) is 11.8 Å². The molecule has 94 valence electrons. The van der Waals surface area contributed by atoms with E-state index in [1.54, 1.807) is 6.92 Å². The Morgan fingerprint density at radius 2 is 2.29 bits per heavy atom. The van der Waals surface area contributed by atoms with E-state index in [9.17, 15) is 14.7 Å². The van der Waals surface area contributed by atoms with E-state index in [0.717, 1.165) is 0 Å². The molecule has 1 saturated heterocycles. The van der Waals surface area contributed by atoms with Crippen LogP contribution in [-0.4, -0.2) is 36.5 Å². The molecule has 2 rings (SSSR count). The first-order valence-corrected chi connectivity index (χ1v) is 5.36. The lowest BCUT2D eigenvalue weighted by Gasteiger charge is -2.40. The predicted molar refractivity (Wildman–Crippen MR) is 54.3 cm³/mol. The molecule has 0 radical (unpaired) electrons. The molecule has 2 heterocycles. The van der Waals surface area contributed by atoms with Gasteiger partial charge in [-0.2, -0.15) is 0 Å². The molecule has 0 bridgehead atoms. The maximum atomic E-state index is 11.5. The number of fused-ring (bicyclic) bond motifs is 1. The van der Waals surface area contributed by atoms with Crippen LogP contribution in [0.5, 0.6) is 0 Å². The Morgan fingerprint density at radius 1 is 1.59 bits per heavy atom. The number of hydrogen-bond acceptors (Lipinski definition) is 6. The van der Waals surface area contributed by atoms with E-state index in [0.29, 0.717) is 0 Å². The van der Waals surface area contributed by atoms with Crippen molar-refractivity contribution in [1.82, 2.24) is 0 Å². The molecule has 6 heteroatoms. The summed E-state index contributed by atoms with van der Waals surface area (Å²) in [6, 6.07) is 0. The van der Waals surface area contributed by atoms with Gasteiger partial charge in [0.1, 0.15) is 6.10 Å². The molecular weight excluding hydrogens is 228 g/mol. The number of cyclic esters (lactones) is 1. The van der Waals surface area contributed by atoms with Gasteiger partial charge in [0, 0.05) is 5.92 Å². The zero-order valence-corrected chi connectivity index (χ0v) is 9.58. The Kier molecular flexibility index (Phi) is 3.06. The zero-order chi connectivity index (χ0) is 12.6. The second kappa shape index (κ2) is 4.37. The van der Waals surface area contributed by atoms with Crippen molar-refractivity contribution >= 4 is 11.9 Å². The Bertz CT molecular complexity index is 374. The number of carbonyl (C=O) groups is 2. The lowest BCUT2D eigenvalue weighted by Crippen LogP contribution is -2.48. The van der Waals surface area contributed by atoms with Crippen LogP contribution in [0, 0.1) is 11.8 Å². The summed E-state index contributed by atoms with van der Waals surface area (Å²) in [5.74, 6) is -1.79. The minimum atomic E-state index is -1.07. The third-order valence-electron chi connectivity index (χ3n) is 3.19. The van der Waals surface area contributed by atoms with Crippen molar-refractivity contribution in [2.24, 2.45) is 11.8 Å². The van der Waals surface area contributed by atoms with Crippen molar-refractivity contribution in [2.45, 2.75) is 25.7 Å². The van der Waals surface area contributed by atoms with Gasteiger partial charge in [-0.25, -0.2) is 4.79 Å². The van der Waals surface area contributed by atoms with Crippen LogP contribution >= 0.6 is 0 Å². The second-order valence-electron chi connectivity index (χ2n) is 4.17. The van der Waals surface area contributed by atoms with Gasteiger partial charge in [-0.1, -0.05) is 0 Å². The molecule has 0 aromatic heterocycles. The first kappa shape index (κ1) is 11.9. The first-order valence-electron chi connectivity index (χ1n) is 5.36. The average Bonchev–Trinajstić information content (AvgIpc) is 2.27. The van der Waals surface area contributed by atoms with Gasteiger partial charge in [-0.15, -0.1) is 0 Å². The number of methoxy groups -OCH3 is 1. The maximum Gasteiger partial charge on any atom is 0.337 e. The van der Waals surface area contributed by atoms with E-state index >= 15 is 0 Å². The molecule has 0 aromatic rings. The Hall–Kier alpha value is -1.56. The van der Waals surface area contributed by atoms with Gasteiger partial charge in [-0.05, 0) is 6.92 Å². The molecular formula is C11H14O6. The van der Waals surface area contributed by atoms with Gasteiger partial charge in [-0.3, -0.25) is 4.79 Å². The van der Waals surface area contributed by atoms with Crippen molar-refractivity contribution in [3.63, 3.8) is 0 Å². The number of hydrogen-bond donors (Lipinski definition) is 1. The number of carbonyl (C=O) groups excluding carboxylic acids is 2. The fourth-order valence-electron chi connectivity index (χ4n) is 2.36. The molecule has 2 aliphatic heterocycles. The van der Waals surface area contributed by atoms with E-state index in [1.165, 1.54) is 13.4 Å². The highest BCUT2D eigenvalue weighted by Gasteiger charge is 2.47. The summed E-state index contributed by atoms with van der Waals surface area (Å²) in [5, 5.41) is 9.72. The normalized spacial score (nSPS) is 36.2. The molecule has 0 aromatic carbocycles. The SMILES string of the molecule is COC(=O)C1=COC(O)[C@@H]2[C@H](C)OC(=O)C[C@H]12. The summed E-state index contributed by atoms with van der Waals surface area (Å²) in [6.07, 6.45) is -0.347. The summed E-state index contributed by atoms with van der Waals surface area (Å²) in [7, 11) is 1.26. The second-order valence-corrected chi connectivity index (χ2v) is 4.17. The zero-order valence-electron chi connectivity index (χ0n) is 9.58. The van der Waals surface area contributed by atoms with Gasteiger partial charge in [0.2, 0.25) is 6.29 Å². The average molecular weight is 242 g/mol. The van der Waals surface area contributed by atoms with Gasteiger partial charge in [0.15, 0.2) is 0 Å². The number of esters is 2. The number of ether oxygens (including phenoxy) is 3. The van der Waals surface area contributed by atoms with Crippen LogP contribution in [0.1, 0.15) is 13.3 Å². The summed E-state index contributed by atoms with van der Waals surface area (Å²) in [4.78, 5) is 22.9. The molecule has 2 aliphatic rings. The van der Waals surface area contributed by atoms with Crippen LogP contribution < -0.4 is 0 Å². The fourth-order valence-corrected chi connectivity index (χ4v) is 2.36. The van der Waals surface area contributed by atoms with Crippen molar-refractivity contribution in [1.29, 1.82) is 0 Å². The smallest absolute Gasteiger partial charge is 0.337 e. The molecule has 0 aliphatic carbocycles. The molecule has 1 N–H and O–H groups in total. The maximum absolute atomic E-state index is 11.5. The first-order chi connectivity index (χ1) is 8.04. The topological polar surface area (TPSA) is 82.1 Å². The molecule has 0 spiro atoms. The highest BCUT2D eigenvalue weighted by molar-refractivity contribution is 5.90. The van der Waals surface area contributed by atoms with Crippen molar-refractivity contribution in [2.75, 3.05) is 7.11 Å². The van der Waals surface area contributed by atoms with Gasteiger partial charge in [0.25, 0.3) is 0 Å². The van der Waals surface area contributed by atoms with E-state index in [-0.39, 0.29) is 18.0 Å². The van der Waals surface area contributed by atoms with Crippen LogP contribution in [0.4, 0.5) is 0 Å². The van der Waals surface area contributed by atoms with E-state index in [2.05, 4.69) is 4.74 Å². The van der Waals surface area contributed by atoms with Crippen LogP contribution in [0.25, 0.3) is 0 Å². The van der Waals surface area contributed by atoms with Gasteiger partial charge >= 0.3 is 11.9 Å². The summed E-state index contributed by atoms with van der Waals surface area (Å²) < 4.78 is 14.6.